The van der Waals surface area contributed by atoms with Crippen molar-refractivity contribution in [1.82, 2.24) is 0 Å². The van der Waals surface area contributed by atoms with E-state index in [1.54, 1.807) is 0 Å². The maximum Gasteiger partial charge on any atom is 0.158 e. The third-order valence-electron chi connectivity index (χ3n) is 2.27. The molecule has 82 valence electrons. The molecule has 4 nitrogen and oxygen atoms in total. The zero-order valence-electron chi connectivity index (χ0n) is 8.25. The van der Waals surface area contributed by atoms with Crippen LogP contribution in [0, 0.1) is 0 Å². The second-order valence-electron chi connectivity index (χ2n) is 3.40. The summed E-state index contributed by atoms with van der Waals surface area (Å²) in [4.78, 5) is 0. The summed E-state index contributed by atoms with van der Waals surface area (Å²) in [6.45, 7) is 0. The second kappa shape index (κ2) is 3.66. The molecule has 0 fully saturated rings. The van der Waals surface area contributed by atoms with Gasteiger partial charge in [0.25, 0.3) is 0 Å². The zero-order valence-corrected chi connectivity index (χ0v) is 8.25. The average molecular weight is 218 g/mol. The summed E-state index contributed by atoms with van der Waals surface area (Å²) in [7, 11) is 0. The fourth-order valence-corrected chi connectivity index (χ4v) is 1.45. The highest BCUT2D eigenvalue weighted by Crippen LogP contribution is 2.36. The second-order valence-corrected chi connectivity index (χ2v) is 3.40. The van der Waals surface area contributed by atoms with E-state index in [0.29, 0.717) is 11.1 Å². The van der Waals surface area contributed by atoms with Gasteiger partial charge in [-0.3, -0.25) is 0 Å². The molecule has 2 aromatic rings. The van der Waals surface area contributed by atoms with Crippen molar-refractivity contribution in [1.29, 1.82) is 0 Å². The van der Waals surface area contributed by atoms with Crippen LogP contribution in [0.5, 0.6) is 23.0 Å². The summed E-state index contributed by atoms with van der Waals surface area (Å²) in [5.41, 5.74) is 0.888. The van der Waals surface area contributed by atoms with Crippen LogP contribution in [0.15, 0.2) is 36.4 Å². The molecular weight excluding hydrogens is 208 g/mol. The van der Waals surface area contributed by atoms with E-state index >= 15 is 0 Å². The van der Waals surface area contributed by atoms with Crippen molar-refractivity contribution in [2.24, 2.45) is 0 Å². The average Bonchev–Trinajstić information content (AvgIpc) is 2.26. The van der Waals surface area contributed by atoms with E-state index in [9.17, 15) is 15.3 Å². The van der Waals surface area contributed by atoms with Crippen LogP contribution in [-0.2, 0) is 0 Å². The van der Waals surface area contributed by atoms with E-state index < -0.39 is 0 Å². The summed E-state index contributed by atoms with van der Waals surface area (Å²) >= 11 is 0. The van der Waals surface area contributed by atoms with E-state index in [1.165, 1.54) is 36.4 Å². The van der Waals surface area contributed by atoms with Gasteiger partial charge in [0.1, 0.15) is 11.5 Å². The smallest absolute Gasteiger partial charge is 0.158 e. The highest BCUT2D eigenvalue weighted by molar-refractivity contribution is 5.73. The maximum absolute atomic E-state index is 9.59. The van der Waals surface area contributed by atoms with Crippen molar-refractivity contribution in [3.63, 3.8) is 0 Å². The van der Waals surface area contributed by atoms with Gasteiger partial charge in [-0.1, -0.05) is 6.07 Å². The molecule has 0 bridgehead atoms. The lowest BCUT2D eigenvalue weighted by Gasteiger charge is -2.06. The SMILES string of the molecule is Oc1ccc(O)c(-c2ccc(O)c(O)c2)c1. The van der Waals surface area contributed by atoms with E-state index in [0.717, 1.165) is 0 Å². The van der Waals surface area contributed by atoms with Gasteiger partial charge >= 0.3 is 0 Å². The lowest BCUT2D eigenvalue weighted by atomic mass is 10.0. The molecule has 0 aliphatic heterocycles. The van der Waals surface area contributed by atoms with Crippen LogP contribution in [0.1, 0.15) is 0 Å². The van der Waals surface area contributed by atoms with Crippen molar-refractivity contribution < 1.29 is 20.4 Å². The van der Waals surface area contributed by atoms with Crippen molar-refractivity contribution >= 4 is 0 Å². The third-order valence-corrected chi connectivity index (χ3v) is 2.27. The van der Waals surface area contributed by atoms with Crippen LogP contribution < -0.4 is 0 Å². The summed E-state index contributed by atoms with van der Waals surface area (Å²) in [5.74, 6) is -0.508. The molecule has 0 atom stereocenters. The molecule has 0 saturated carbocycles. The molecule has 0 radical (unpaired) electrons. The fourth-order valence-electron chi connectivity index (χ4n) is 1.45. The Morgan fingerprint density at radius 3 is 2.00 bits per heavy atom. The Hall–Kier alpha value is -2.36. The Balaban J connectivity index is 2.58. The van der Waals surface area contributed by atoms with E-state index in [2.05, 4.69) is 0 Å². The standard InChI is InChI=1S/C12H10O4/c13-8-2-4-10(14)9(6-8)7-1-3-11(15)12(16)5-7/h1-6,13-16H. The third kappa shape index (κ3) is 1.72. The fraction of sp³-hybridized carbons (Fsp3) is 0. The summed E-state index contributed by atoms with van der Waals surface area (Å²) in [6, 6.07) is 8.25. The first kappa shape index (κ1) is 10.2. The van der Waals surface area contributed by atoms with Gasteiger partial charge in [0.15, 0.2) is 11.5 Å². The molecule has 0 aliphatic rings. The van der Waals surface area contributed by atoms with Crippen LogP contribution in [-0.4, -0.2) is 20.4 Å². The Labute approximate surface area is 91.7 Å². The minimum absolute atomic E-state index is 0.0112. The van der Waals surface area contributed by atoms with Crippen LogP contribution in [0.25, 0.3) is 11.1 Å². The predicted molar refractivity (Wildman–Crippen MR) is 58.5 cm³/mol. The Bertz CT molecular complexity index is 535. The van der Waals surface area contributed by atoms with Crippen LogP contribution in [0.3, 0.4) is 0 Å². The number of phenolic OH excluding ortho intramolecular Hbond substituents is 4. The van der Waals surface area contributed by atoms with E-state index in [-0.39, 0.29) is 23.0 Å². The molecule has 0 spiro atoms. The number of aromatic hydroxyl groups is 4. The molecule has 0 amide bonds. The van der Waals surface area contributed by atoms with Crippen molar-refractivity contribution in [3.8, 4) is 34.1 Å². The van der Waals surface area contributed by atoms with Crippen molar-refractivity contribution in [2.45, 2.75) is 0 Å². The monoisotopic (exact) mass is 218 g/mol. The normalized spacial score (nSPS) is 10.2. The van der Waals surface area contributed by atoms with Gasteiger partial charge in [0.2, 0.25) is 0 Å². The summed E-state index contributed by atoms with van der Waals surface area (Å²) in [6.07, 6.45) is 0. The van der Waals surface area contributed by atoms with Gasteiger partial charge in [-0.05, 0) is 35.9 Å². The zero-order chi connectivity index (χ0) is 11.7. The number of rotatable bonds is 1. The molecule has 0 aliphatic carbocycles. The molecule has 2 rings (SSSR count). The first-order valence-corrected chi connectivity index (χ1v) is 4.62. The Morgan fingerprint density at radius 2 is 1.31 bits per heavy atom. The van der Waals surface area contributed by atoms with Crippen LogP contribution in [0.4, 0.5) is 0 Å². The quantitative estimate of drug-likeness (QED) is 0.437. The lowest BCUT2D eigenvalue weighted by Crippen LogP contribution is -1.79. The lowest BCUT2D eigenvalue weighted by molar-refractivity contribution is 0.404. The molecule has 0 heterocycles. The molecule has 4 N–H and O–H groups in total. The van der Waals surface area contributed by atoms with E-state index in [1.807, 2.05) is 0 Å². The highest BCUT2D eigenvalue weighted by atomic mass is 16.3. The number of hydrogen-bond donors (Lipinski definition) is 4. The minimum Gasteiger partial charge on any atom is -0.508 e. The number of phenols is 4. The summed E-state index contributed by atoms with van der Waals surface area (Å²) < 4.78 is 0. The number of benzene rings is 2. The highest BCUT2D eigenvalue weighted by Gasteiger charge is 2.08. The Morgan fingerprint density at radius 1 is 0.625 bits per heavy atom. The molecule has 16 heavy (non-hydrogen) atoms. The van der Waals surface area contributed by atoms with Gasteiger partial charge in [-0.25, -0.2) is 0 Å². The Kier molecular flexibility index (Phi) is 2.32. The summed E-state index contributed by atoms with van der Waals surface area (Å²) in [5, 5.41) is 37.4. The molecule has 0 saturated heterocycles. The van der Waals surface area contributed by atoms with Crippen LogP contribution >= 0.6 is 0 Å². The maximum atomic E-state index is 9.59. The van der Waals surface area contributed by atoms with E-state index in [4.69, 9.17) is 5.11 Å². The first-order chi connectivity index (χ1) is 7.58. The topological polar surface area (TPSA) is 80.9 Å². The van der Waals surface area contributed by atoms with Gasteiger partial charge in [-0.15, -0.1) is 0 Å². The molecule has 2 aromatic carbocycles. The van der Waals surface area contributed by atoms with Gasteiger partial charge in [-0.2, -0.15) is 0 Å². The number of hydrogen-bond acceptors (Lipinski definition) is 4. The largest absolute Gasteiger partial charge is 0.508 e. The molecule has 4 heteroatoms. The molecule has 0 aromatic heterocycles. The molecular formula is C12H10O4. The molecule has 0 unspecified atom stereocenters. The first-order valence-electron chi connectivity index (χ1n) is 4.62. The van der Waals surface area contributed by atoms with Gasteiger partial charge < -0.3 is 20.4 Å². The van der Waals surface area contributed by atoms with Crippen molar-refractivity contribution in [2.75, 3.05) is 0 Å². The van der Waals surface area contributed by atoms with Gasteiger partial charge in [0.05, 0.1) is 0 Å². The predicted octanol–water partition coefficient (Wildman–Crippen LogP) is 2.18. The minimum atomic E-state index is -0.278. The van der Waals surface area contributed by atoms with Crippen LogP contribution in [0.2, 0.25) is 0 Å². The van der Waals surface area contributed by atoms with Gasteiger partial charge in [0, 0.05) is 5.56 Å². The van der Waals surface area contributed by atoms with Crippen molar-refractivity contribution in [3.05, 3.63) is 36.4 Å².